The largest absolute Gasteiger partial charge is 0.383 e. The molecular weight excluding hydrogens is 292 g/mol. The SMILES string of the molecule is CC(C)n1nc(-c2ccc3[nH]nc(N)c3c2)c2c(N)ncnc21. The predicted octanol–water partition coefficient (Wildman–Crippen LogP) is 2.11. The van der Waals surface area contributed by atoms with E-state index in [4.69, 9.17) is 16.6 Å². The Balaban J connectivity index is 2.05. The molecule has 3 aromatic heterocycles. The lowest BCUT2D eigenvalue weighted by Gasteiger charge is -2.05. The number of nitrogen functional groups attached to an aromatic ring is 2. The van der Waals surface area contributed by atoms with Crippen molar-refractivity contribution in [2.45, 2.75) is 19.9 Å². The molecule has 0 fully saturated rings. The van der Waals surface area contributed by atoms with E-state index in [2.05, 4.69) is 20.2 Å². The molecule has 0 aliphatic rings. The van der Waals surface area contributed by atoms with Gasteiger partial charge in [-0.25, -0.2) is 14.6 Å². The fourth-order valence-electron chi connectivity index (χ4n) is 2.74. The van der Waals surface area contributed by atoms with Crippen LogP contribution in [0.3, 0.4) is 0 Å². The molecule has 4 rings (SSSR count). The molecule has 1 aromatic carbocycles. The fourth-order valence-corrected chi connectivity index (χ4v) is 2.74. The van der Waals surface area contributed by atoms with Gasteiger partial charge >= 0.3 is 0 Å². The summed E-state index contributed by atoms with van der Waals surface area (Å²) < 4.78 is 1.85. The van der Waals surface area contributed by atoms with E-state index in [0.29, 0.717) is 11.6 Å². The Kier molecular flexibility index (Phi) is 2.74. The van der Waals surface area contributed by atoms with Crippen molar-refractivity contribution >= 4 is 33.6 Å². The molecule has 4 aromatic rings. The Morgan fingerprint density at radius 3 is 2.74 bits per heavy atom. The van der Waals surface area contributed by atoms with Gasteiger partial charge in [0.25, 0.3) is 0 Å². The van der Waals surface area contributed by atoms with Gasteiger partial charge in [-0.1, -0.05) is 6.07 Å². The van der Waals surface area contributed by atoms with Crippen LogP contribution in [0, 0.1) is 0 Å². The van der Waals surface area contributed by atoms with Crippen molar-refractivity contribution in [2.24, 2.45) is 0 Å². The lowest BCUT2D eigenvalue weighted by atomic mass is 10.1. The van der Waals surface area contributed by atoms with Gasteiger partial charge in [0.1, 0.15) is 17.8 Å². The molecule has 0 spiro atoms. The van der Waals surface area contributed by atoms with Crippen molar-refractivity contribution < 1.29 is 0 Å². The number of rotatable bonds is 2. The molecule has 8 heteroatoms. The molecule has 0 unspecified atom stereocenters. The monoisotopic (exact) mass is 308 g/mol. The van der Waals surface area contributed by atoms with Crippen molar-refractivity contribution in [1.29, 1.82) is 0 Å². The second-order valence-electron chi connectivity index (χ2n) is 5.71. The summed E-state index contributed by atoms with van der Waals surface area (Å²) in [5.41, 5.74) is 15.2. The molecular formula is C15H16N8. The van der Waals surface area contributed by atoms with Crippen LogP contribution >= 0.6 is 0 Å². The topological polar surface area (TPSA) is 124 Å². The average molecular weight is 308 g/mol. The third-order valence-electron chi connectivity index (χ3n) is 3.87. The van der Waals surface area contributed by atoms with Crippen LogP contribution in [0.5, 0.6) is 0 Å². The van der Waals surface area contributed by atoms with E-state index in [1.807, 2.05) is 36.7 Å². The standard InChI is InChI=1S/C15H16N8/c1-7(2)23-15-11(14(17)18-6-19-15)12(22-23)8-3-4-10-9(5-8)13(16)21-20-10/h3-7H,1-2H3,(H3,16,20,21)(H2,17,18,19). The highest BCUT2D eigenvalue weighted by Crippen LogP contribution is 2.33. The Hall–Kier alpha value is -3.16. The van der Waals surface area contributed by atoms with E-state index in [-0.39, 0.29) is 6.04 Å². The van der Waals surface area contributed by atoms with E-state index in [0.717, 1.165) is 33.2 Å². The molecule has 23 heavy (non-hydrogen) atoms. The number of anilines is 2. The minimum absolute atomic E-state index is 0.156. The Morgan fingerprint density at radius 2 is 1.96 bits per heavy atom. The Labute approximate surface area is 131 Å². The second kappa shape index (κ2) is 4.67. The summed E-state index contributed by atoms with van der Waals surface area (Å²) in [5.74, 6) is 0.871. The number of hydrogen-bond acceptors (Lipinski definition) is 6. The maximum absolute atomic E-state index is 6.08. The highest BCUT2D eigenvalue weighted by atomic mass is 15.3. The third-order valence-corrected chi connectivity index (χ3v) is 3.87. The van der Waals surface area contributed by atoms with Gasteiger partial charge in [-0.3, -0.25) is 5.10 Å². The summed E-state index contributed by atoms with van der Waals surface area (Å²) >= 11 is 0. The van der Waals surface area contributed by atoms with Crippen LogP contribution in [0.25, 0.3) is 33.2 Å². The van der Waals surface area contributed by atoms with Gasteiger partial charge in [-0.05, 0) is 26.0 Å². The summed E-state index contributed by atoms with van der Waals surface area (Å²) in [4.78, 5) is 8.45. The number of H-pyrrole nitrogens is 1. The zero-order valence-electron chi connectivity index (χ0n) is 12.8. The normalized spacial score (nSPS) is 11.8. The van der Waals surface area contributed by atoms with Crippen LogP contribution in [-0.4, -0.2) is 29.9 Å². The number of hydrogen-bond donors (Lipinski definition) is 3. The van der Waals surface area contributed by atoms with Gasteiger partial charge in [0, 0.05) is 17.0 Å². The minimum atomic E-state index is 0.156. The average Bonchev–Trinajstić information content (AvgIpc) is 3.09. The lowest BCUT2D eigenvalue weighted by molar-refractivity contribution is 0.548. The van der Waals surface area contributed by atoms with Gasteiger partial charge in [-0.15, -0.1) is 0 Å². The molecule has 0 bridgehead atoms. The van der Waals surface area contributed by atoms with Crippen LogP contribution < -0.4 is 11.5 Å². The second-order valence-corrected chi connectivity index (χ2v) is 5.71. The van der Waals surface area contributed by atoms with E-state index in [1.54, 1.807) is 0 Å². The van der Waals surface area contributed by atoms with E-state index >= 15 is 0 Å². The van der Waals surface area contributed by atoms with Crippen LogP contribution in [-0.2, 0) is 0 Å². The van der Waals surface area contributed by atoms with Crippen LogP contribution in [0.15, 0.2) is 24.5 Å². The number of aromatic amines is 1. The molecule has 0 aliphatic heterocycles. The number of benzene rings is 1. The summed E-state index contributed by atoms with van der Waals surface area (Å²) in [6.45, 7) is 4.09. The van der Waals surface area contributed by atoms with Crippen LogP contribution in [0.1, 0.15) is 19.9 Å². The first kappa shape index (κ1) is 13.5. The van der Waals surface area contributed by atoms with Crippen molar-refractivity contribution in [3.8, 4) is 11.3 Å². The maximum atomic E-state index is 6.08. The van der Waals surface area contributed by atoms with Crippen LogP contribution in [0.4, 0.5) is 11.6 Å². The highest BCUT2D eigenvalue weighted by molar-refractivity contribution is 6.01. The smallest absolute Gasteiger partial charge is 0.164 e. The first-order chi connectivity index (χ1) is 11.1. The number of nitrogens with two attached hydrogens (primary N) is 2. The summed E-state index contributed by atoms with van der Waals surface area (Å²) in [6, 6.07) is 5.99. The van der Waals surface area contributed by atoms with E-state index in [1.165, 1.54) is 6.33 Å². The van der Waals surface area contributed by atoms with Gasteiger partial charge in [0.05, 0.1) is 10.9 Å². The zero-order chi connectivity index (χ0) is 16.1. The Bertz CT molecular complexity index is 1030. The first-order valence-corrected chi connectivity index (χ1v) is 7.29. The van der Waals surface area contributed by atoms with Gasteiger partial charge in [-0.2, -0.15) is 10.2 Å². The van der Waals surface area contributed by atoms with E-state index < -0.39 is 0 Å². The highest BCUT2D eigenvalue weighted by Gasteiger charge is 2.19. The summed E-state index contributed by atoms with van der Waals surface area (Å²) in [7, 11) is 0. The van der Waals surface area contributed by atoms with Crippen molar-refractivity contribution in [3.05, 3.63) is 24.5 Å². The quantitative estimate of drug-likeness (QED) is 0.521. The molecule has 0 saturated heterocycles. The van der Waals surface area contributed by atoms with Crippen LogP contribution in [0.2, 0.25) is 0 Å². The fraction of sp³-hybridized carbons (Fsp3) is 0.200. The van der Waals surface area contributed by atoms with Crippen molar-refractivity contribution in [3.63, 3.8) is 0 Å². The van der Waals surface area contributed by atoms with Gasteiger partial charge < -0.3 is 11.5 Å². The zero-order valence-corrected chi connectivity index (χ0v) is 12.8. The summed E-state index contributed by atoms with van der Waals surface area (Å²) in [6.07, 6.45) is 1.46. The first-order valence-electron chi connectivity index (χ1n) is 7.29. The third kappa shape index (κ3) is 1.91. The van der Waals surface area contributed by atoms with Crippen molar-refractivity contribution in [1.82, 2.24) is 29.9 Å². The molecule has 0 aliphatic carbocycles. The Morgan fingerprint density at radius 1 is 1.13 bits per heavy atom. The van der Waals surface area contributed by atoms with Gasteiger partial charge in [0.2, 0.25) is 0 Å². The lowest BCUT2D eigenvalue weighted by Crippen LogP contribution is -2.04. The predicted molar refractivity (Wildman–Crippen MR) is 89.6 cm³/mol. The number of aromatic nitrogens is 6. The number of nitrogens with zero attached hydrogens (tertiary/aromatic N) is 5. The van der Waals surface area contributed by atoms with Crippen molar-refractivity contribution in [2.75, 3.05) is 11.5 Å². The molecule has 0 radical (unpaired) electrons. The van der Waals surface area contributed by atoms with E-state index in [9.17, 15) is 0 Å². The summed E-state index contributed by atoms with van der Waals surface area (Å²) in [5, 5.41) is 13.2. The molecule has 0 amide bonds. The molecule has 5 N–H and O–H groups in total. The molecule has 0 atom stereocenters. The molecule has 0 saturated carbocycles. The maximum Gasteiger partial charge on any atom is 0.164 e. The molecule has 3 heterocycles. The van der Waals surface area contributed by atoms with Gasteiger partial charge in [0.15, 0.2) is 11.5 Å². The minimum Gasteiger partial charge on any atom is -0.383 e. The molecule has 8 nitrogen and oxygen atoms in total. The number of fused-ring (bicyclic) bond motifs is 2. The molecule has 116 valence electrons. The number of nitrogens with one attached hydrogen (secondary N) is 1.